The molecule has 0 heterocycles. The van der Waals surface area contributed by atoms with E-state index in [-0.39, 0.29) is 17.9 Å². The van der Waals surface area contributed by atoms with Crippen LogP contribution in [-0.4, -0.2) is 23.8 Å². The Morgan fingerprint density at radius 2 is 1.80 bits per heavy atom. The molecule has 0 spiro atoms. The van der Waals surface area contributed by atoms with E-state index in [1.807, 2.05) is 0 Å². The summed E-state index contributed by atoms with van der Waals surface area (Å²) in [5, 5.41) is 5.13. The summed E-state index contributed by atoms with van der Waals surface area (Å²) in [5.41, 5.74) is 6.76. The lowest BCUT2D eigenvalue weighted by Crippen LogP contribution is -2.45. The van der Waals surface area contributed by atoms with Gasteiger partial charge >= 0.3 is 0 Å². The highest BCUT2D eigenvalue weighted by Gasteiger charge is 2.19. The molecule has 0 aliphatic heterocycles. The van der Waals surface area contributed by atoms with Gasteiger partial charge in [0, 0.05) is 24.6 Å². The highest BCUT2D eigenvalue weighted by molar-refractivity contribution is 5.99. The Hall–Kier alpha value is -3.22. The molecule has 0 aromatic heterocycles. The third-order valence-electron chi connectivity index (χ3n) is 3.45. The van der Waals surface area contributed by atoms with Crippen molar-refractivity contribution in [2.24, 2.45) is 5.73 Å². The maximum atomic E-state index is 13.0. The molecular formula is C18H18FN3O3. The first kappa shape index (κ1) is 18.1. The molecule has 130 valence electrons. The molecule has 0 radical (unpaired) electrons. The van der Waals surface area contributed by atoms with Crippen molar-refractivity contribution in [3.63, 3.8) is 0 Å². The van der Waals surface area contributed by atoms with Crippen molar-refractivity contribution in [1.82, 2.24) is 5.32 Å². The topological polar surface area (TPSA) is 101 Å². The van der Waals surface area contributed by atoms with Crippen LogP contribution in [-0.2, 0) is 16.0 Å². The van der Waals surface area contributed by atoms with Gasteiger partial charge < -0.3 is 16.4 Å². The van der Waals surface area contributed by atoms with Crippen LogP contribution in [0.3, 0.4) is 0 Å². The van der Waals surface area contributed by atoms with E-state index in [1.54, 1.807) is 18.2 Å². The number of primary amides is 1. The maximum Gasteiger partial charge on any atom is 0.252 e. The van der Waals surface area contributed by atoms with E-state index in [4.69, 9.17) is 5.73 Å². The number of nitrogens with two attached hydrogens (primary N) is 1. The van der Waals surface area contributed by atoms with Gasteiger partial charge in [0.1, 0.15) is 11.9 Å². The molecule has 7 heteroatoms. The SMILES string of the molecule is CC(=O)Nc1cccc(C(=O)N[C@@H](Cc2ccc(F)cc2)C(N)=O)c1. The molecule has 0 unspecified atom stereocenters. The monoisotopic (exact) mass is 343 g/mol. The summed E-state index contributed by atoms with van der Waals surface area (Å²) in [6, 6.07) is 10.9. The van der Waals surface area contributed by atoms with Crippen molar-refractivity contribution >= 4 is 23.4 Å². The Morgan fingerprint density at radius 3 is 2.40 bits per heavy atom. The lowest BCUT2D eigenvalue weighted by atomic mass is 10.0. The van der Waals surface area contributed by atoms with Gasteiger partial charge in [0.15, 0.2) is 0 Å². The van der Waals surface area contributed by atoms with E-state index in [1.165, 1.54) is 37.3 Å². The Morgan fingerprint density at radius 1 is 1.12 bits per heavy atom. The number of benzene rings is 2. The van der Waals surface area contributed by atoms with Crippen LogP contribution in [0.4, 0.5) is 10.1 Å². The molecule has 25 heavy (non-hydrogen) atoms. The Kier molecular flexibility index (Phi) is 5.84. The number of hydrogen-bond donors (Lipinski definition) is 3. The second-order valence-electron chi connectivity index (χ2n) is 5.52. The number of hydrogen-bond acceptors (Lipinski definition) is 3. The van der Waals surface area contributed by atoms with Crippen LogP contribution in [0.1, 0.15) is 22.8 Å². The first-order valence-electron chi connectivity index (χ1n) is 7.57. The van der Waals surface area contributed by atoms with Gasteiger partial charge in [-0.05, 0) is 35.9 Å². The zero-order valence-electron chi connectivity index (χ0n) is 13.6. The summed E-state index contributed by atoms with van der Waals surface area (Å²) in [6.45, 7) is 1.36. The molecule has 3 amide bonds. The van der Waals surface area contributed by atoms with Gasteiger partial charge in [-0.25, -0.2) is 4.39 Å². The summed E-state index contributed by atoms with van der Waals surface area (Å²) >= 11 is 0. The quantitative estimate of drug-likeness (QED) is 0.743. The van der Waals surface area contributed by atoms with E-state index in [9.17, 15) is 18.8 Å². The number of carbonyl (C=O) groups is 3. The molecule has 4 N–H and O–H groups in total. The van der Waals surface area contributed by atoms with Gasteiger partial charge in [0.2, 0.25) is 11.8 Å². The molecule has 0 fully saturated rings. The Labute approximate surface area is 144 Å². The summed E-state index contributed by atoms with van der Waals surface area (Å²) in [6.07, 6.45) is 0.146. The summed E-state index contributed by atoms with van der Waals surface area (Å²) in [4.78, 5) is 35.1. The molecule has 6 nitrogen and oxygen atoms in total. The summed E-state index contributed by atoms with van der Waals surface area (Å²) < 4.78 is 13.0. The fourth-order valence-corrected chi connectivity index (χ4v) is 2.26. The first-order valence-corrected chi connectivity index (χ1v) is 7.57. The maximum absolute atomic E-state index is 13.0. The Bertz CT molecular complexity index is 790. The minimum atomic E-state index is -0.942. The summed E-state index contributed by atoms with van der Waals surface area (Å²) in [7, 11) is 0. The normalized spacial score (nSPS) is 11.4. The van der Waals surface area contributed by atoms with Crippen LogP contribution in [0.15, 0.2) is 48.5 Å². The third kappa shape index (κ3) is 5.42. The molecule has 2 aromatic rings. The number of carbonyl (C=O) groups excluding carboxylic acids is 3. The molecule has 2 aromatic carbocycles. The number of nitrogens with one attached hydrogen (secondary N) is 2. The lowest BCUT2D eigenvalue weighted by molar-refractivity contribution is -0.119. The van der Waals surface area contributed by atoms with E-state index < -0.39 is 23.7 Å². The second-order valence-corrected chi connectivity index (χ2v) is 5.52. The third-order valence-corrected chi connectivity index (χ3v) is 3.45. The van der Waals surface area contributed by atoms with E-state index in [0.29, 0.717) is 11.3 Å². The van der Waals surface area contributed by atoms with Crippen molar-refractivity contribution in [1.29, 1.82) is 0 Å². The minimum Gasteiger partial charge on any atom is -0.368 e. The Balaban J connectivity index is 2.11. The summed E-state index contributed by atoms with van der Waals surface area (Å²) in [5.74, 6) is -1.85. The molecular weight excluding hydrogens is 325 g/mol. The van der Waals surface area contributed by atoms with Gasteiger partial charge in [-0.2, -0.15) is 0 Å². The molecule has 0 saturated carbocycles. The van der Waals surface area contributed by atoms with E-state index in [2.05, 4.69) is 10.6 Å². The first-order chi connectivity index (χ1) is 11.8. The van der Waals surface area contributed by atoms with Crippen molar-refractivity contribution in [2.75, 3.05) is 5.32 Å². The van der Waals surface area contributed by atoms with Crippen LogP contribution in [0, 0.1) is 5.82 Å². The van der Waals surface area contributed by atoms with Gasteiger partial charge in [-0.15, -0.1) is 0 Å². The molecule has 1 atom stereocenters. The largest absolute Gasteiger partial charge is 0.368 e. The standard InChI is InChI=1S/C18H18FN3O3/c1-11(23)21-15-4-2-3-13(10-15)18(25)22-16(17(20)24)9-12-5-7-14(19)8-6-12/h2-8,10,16H,9H2,1H3,(H2,20,24)(H,21,23)(H,22,25)/t16-/m0/s1. The molecule has 2 rings (SSSR count). The average molecular weight is 343 g/mol. The fraction of sp³-hybridized carbons (Fsp3) is 0.167. The van der Waals surface area contributed by atoms with Crippen LogP contribution in [0.2, 0.25) is 0 Å². The van der Waals surface area contributed by atoms with Crippen LogP contribution in [0.5, 0.6) is 0 Å². The minimum absolute atomic E-state index is 0.146. The predicted octanol–water partition coefficient (Wildman–Crippen LogP) is 1.61. The van der Waals surface area contributed by atoms with Crippen LogP contribution in [0.25, 0.3) is 0 Å². The molecule has 0 bridgehead atoms. The molecule has 0 aliphatic carbocycles. The smallest absolute Gasteiger partial charge is 0.252 e. The highest BCUT2D eigenvalue weighted by Crippen LogP contribution is 2.12. The zero-order chi connectivity index (χ0) is 18.4. The van der Waals surface area contributed by atoms with Gasteiger partial charge in [0.25, 0.3) is 5.91 Å². The number of anilines is 1. The van der Waals surface area contributed by atoms with Gasteiger partial charge in [0.05, 0.1) is 0 Å². The number of amides is 3. The van der Waals surface area contributed by atoms with Gasteiger partial charge in [-0.3, -0.25) is 14.4 Å². The van der Waals surface area contributed by atoms with Crippen molar-refractivity contribution in [3.05, 3.63) is 65.5 Å². The van der Waals surface area contributed by atoms with Crippen molar-refractivity contribution in [2.45, 2.75) is 19.4 Å². The average Bonchev–Trinajstić information content (AvgIpc) is 2.55. The number of halogens is 1. The molecule has 0 saturated heterocycles. The van der Waals surface area contributed by atoms with Gasteiger partial charge in [-0.1, -0.05) is 18.2 Å². The van der Waals surface area contributed by atoms with E-state index in [0.717, 1.165) is 0 Å². The lowest BCUT2D eigenvalue weighted by Gasteiger charge is -2.16. The number of rotatable bonds is 6. The van der Waals surface area contributed by atoms with Crippen molar-refractivity contribution < 1.29 is 18.8 Å². The highest BCUT2D eigenvalue weighted by atomic mass is 19.1. The fourth-order valence-electron chi connectivity index (χ4n) is 2.26. The predicted molar refractivity (Wildman–Crippen MR) is 91.3 cm³/mol. The zero-order valence-corrected chi connectivity index (χ0v) is 13.6. The van der Waals surface area contributed by atoms with Crippen molar-refractivity contribution in [3.8, 4) is 0 Å². The second kappa shape index (κ2) is 8.05. The molecule has 0 aliphatic rings. The van der Waals surface area contributed by atoms with E-state index >= 15 is 0 Å². The van der Waals surface area contributed by atoms with Crippen LogP contribution < -0.4 is 16.4 Å². The van der Waals surface area contributed by atoms with Crippen LogP contribution >= 0.6 is 0 Å².